The summed E-state index contributed by atoms with van der Waals surface area (Å²) in [6.45, 7) is 1.61. The molecule has 2 heterocycles. The van der Waals surface area contributed by atoms with Crippen molar-refractivity contribution in [3.05, 3.63) is 100 Å². The first-order valence-corrected chi connectivity index (χ1v) is 11.6. The van der Waals surface area contributed by atoms with Crippen molar-refractivity contribution in [2.24, 2.45) is 0 Å². The van der Waals surface area contributed by atoms with E-state index < -0.39 is 59.6 Å². The third-order valence-electron chi connectivity index (χ3n) is 6.01. The molecule has 2 aromatic carbocycles. The molecular weight excluding hydrogens is 526 g/mol. The third-order valence-corrected chi connectivity index (χ3v) is 6.01. The van der Waals surface area contributed by atoms with Crippen LogP contribution in [-0.2, 0) is 22.4 Å². The fourth-order valence-electron chi connectivity index (χ4n) is 4.01. The quantitative estimate of drug-likeness (QED) is 0.226. The molecule has 0 aliphatic carbocycles. The number of aromatic nitrogens is 3. The van der Waals surface area contributed by atoms with Crippen LogP contribution in [0.2, 0.25) is 0 Å². The first kappa shape index (κ1) is 27.6. The van der Waals surface area contributed by atoms with Gasteiger partial charge in [0.05, 0.1) is 5.69 Å². The lowest BCUT2D eigenvalue weighted by atomic mass is 10.1. The van der Waals surface area contributed by atoms with Gasteiger partial charge in [-0.2, -0.15) is 5.10 Å². The summed E-state index contributed by atoms with van der Waals surface area (Å²) in [6, 6.07) is 6.34. The molecule has 0 spiro atoms. The molecule has 2 aromatic heterocycles. The minimum atomic E-state index is -1.65. The van der Waals surface area contributed by atoms with E-state index in [1.165, 1.54) is 12.4 Å². The van der Waals surface area contributed by atoms with E-state index in [-0.39, 0.29) is 29.8 Å². The first-order chi connectivity index (χ1) is 18.6. The molecule has 4 rings (SSSR count). The number of aromatic amines is 1. The molecule has 0 radical (unpaired) electrons. The lowest BCUT2D eigenvalue weighted by molar-refractivity contribution is -0.126. The topological polar surface area (TPSA) is 79.0 Å². The Morgan fingerprint density at radius 1 is 0.769 bits per heavy atom. The molecular formula is C27H20F6N4O2. The SMILES string of the molecule is Cc1c(N(C(=O)CCc2cc(F)c(F)c(F)c2)C(=O)CCc2cc(F)c(F)c(F)c2)n[nH]c1-c1ccncc1. The van der Waals surface area contributed by atoms with Crippen LogP contribution in [0.1, 0.15) is 29.5 Å². The Hall–Kier alpha value is -4.48. The minimum absolute atomic E-state index is 0.0133. The average molecular weight is 546 g/mol. The highest BCUT2D eigenvalue weighted by Gasteiger charge is 2.28. The van der Waals surface area contributed by atoms with Crippen molar-refractivity contribution in [1.29, 1.82) is 0 Å². The van der Waals surface area contributed by atoms with Crippen LogP contribution < -0.4 is 4.90 Å². The van der Waals surface area contributed by atoms with E-state index in [0.717, 1.165) is 29.2 Å². The van der Waals surface area contributed by atoms with Gasteiger partial charge in [-0.3, -0.25) is 19.7 Å². The molecule has 6 nitrogen and oxygen atoms in total. The summed E-state index contributed by atoms with van der Waals surface area (Å²) in [5.41, 5.74) is 1.54. The van der Waals surface area contributed by atoms with Gasteiger partial charge in [0.15, 0.2) is 40.7 Å². The zero-order chi connectivity index (χ0) is 28.3. The number of aryl methyl sites for hydroxylation is 2. The number of nitrogens with one attached hydrogen (secondary N) is 1. The van der Waals surface area contributed by atoms with Gasteiger partial charge in [0.2, 0.25) is 11.8 Å². The summed E-state index contributed by atoms with van der Waals surface area (Å²) in [6.07, 6.45) is 1.79. The Bertz CT molecular complexity index is 1420. The fraction of sp³-hybridized carbons (Fsp3) is 0.185. The van der Waals surface area contributed by atoms with Gasteiger partial charge in [0, 0.05) is 36.4 Å². The highest BCUT2D eigenvalue weighted by molar-refractivity contribution is 6.15. The number of nitrogens with zero attached hydrogens (tertiary/aromatic N) is 3. The van der Waals surface area contributed by atoms with Crippen molar-refractivity contribution >= 4 is 17.6 Å². The number of pyridine rings is 1. The van der Waals surface area contributed by atoms with Gasteiger partial charge in [-0.25, -0.2) is 31.2 Å². The van der Waals surface area contributed by atoms with E-state index in [1.54, 1.807) is 19.1 Å². The number of H-pyrrole nitrogens is 1. The molecule has 12 heteroatoms. The number of anilines is 1. The van der Waals surface area contributed by atoms with Crippen LogP contribution in [0.4, 0.5) is 32.2 Å². The zero-order valence-corrected chi connectivity index (χ0v) is 20.4. The number of carbonyl (C=O) groups excluding carboxylic acids is 2. The second-order valence-corrected chi connectivity index (χ2v) is 8.65. The average Bonchev–Trinajstić information content (AvgIpc) is 3.28. The Kier molecular flexibility index (Phi) is 8.12. The van der Waals surface area contributed by atoms with Gasteiger partial charge in [0.25, 0.3) is 0 Å². The number of amides is 2. The lowest BCUT2D eigenvalue weighted by Gasteiger charge is -2.20. The number of rotatable bonds is 8. The summed E-state index contributed by atoms with van der Waals surface area (Å²) in [7, 11) is 0. The van der Waals surface area contributed by atoms with Crippen LogP contribution in [0.25, 0.3) is 11.3 Å². The molecule has 0 unspecified atom stereocenters. The van der Waals surface area contributed by atoms with Crippen molar-refractivity contribution in [2.45, 2.75) is 32.6 Å². The Balaban J connectivity index is 1.61. The second kappa shape index (κ2) is 11.5. The van der Waals surface area contributed by atoms with Gasteiger partial charge in [-0.1, -0.05) is 0 Å². The number of benzene rings is 2. The van der Waals surface area contributed by atoms with Crippen molar-refractivity contribution in [3.8, 4) is 11.3 Å². The van der Waals surface area contributed by atoms with Crippen LogP contribution in [0.3, 0.4) is 0 Å². The normalized spacial score (nSPS) is 11.1. The molecule has 2 amide bonds. The predicted octanol–water partition coefficient (Wildman–Crippen LogP) is 5.74. The predicted molar refractivity (Wildman–Crippen MR) is 128 cm³/mol. The largest absolute Gasteiger partial charge is 0.275 e. The molecule has 4 aromatic rings. The summed E-state index contributed by atoms with van der Waals surface area (Å²) in [4.78, 5) is 31.2. The number of carbonyl (C=O) groups is 2. The zero-order valence-electron chi connectivity index (χ0n) is 20.4. The highest BCUT2D eigenvalue weighted by atomic mass is 19.2. The van der Waals surface area contributed by atoms with E-state index in [2.05, 4.69) is 15.2 Å². The fourth-order valence-corrected chi connectivity index (χ4v) is 4.01. The van der Waals surface area contributed by atoms with E-state index in [1.807, 2.05) is 0 Å². The third kappa shape index (κ3) is 6.00. The summed E-state index contributed by atoms with van der Waals surface area (Å²) in [5.74, 6) is -10.6. The summed E-state index contributed by atoms with van der Waals surface area (Å²) in [5, 5.41) is 6.89. The van der Waals surface area contributed by atoms with Crippen molar-refractivity contribution in [3.63, 3.8) is 0 Å². The van der Waals surface area contributed by atoms with Crippen LogP contribution >= 0.6 is 0 Å². The maximum Gasteiger partial charge on any atom is 0.235 e. The van der Waals surface area contributed by atoms with Crippen LogP contribution in [0.5, 0.6) is 0 Å². The van der Waals surface area contributed by atoms with Crippen LogP contribution in [0.15, 0.2) is 48.8 Å². The van der Waals surface area contributed by atoms with Crippen LogP contribution in [-0.4, -0.2) is 27.0 Å². The molecule has 1 N–H and O–H groups in total. The number of imide groups is 1. The summed E-state index contributed by atoms with van der Waals surface area (Å²) < 4.78 is 81.1. The highest BCUT2D eigenvalue weighted by Crippen LogP contribution is 2.29. The molecule has 0 saturated heterocycles. The lowest BCUT2D eigenvalue weighted by Crippen LogP contribution is -2.38. The minimum Gasteiger partial charge on any atom is -0.275 e. The van der Waals surface area contributed by atoms with E-state index >= 15 is 0 Å². The van der Waals surface area contributed by atoms with Crippen molar-refractivity contribution in [2.75, 3.05) is 4.90 Å². The molecule has 0 bridgehead atoms. The smallest absolute Gasteiger partial charge is 0.235 e. The molecule has 202 valence electrons. The van der Waals surface area contributed by atoms with E-state index in [9.17, 15) is 35.9 Å². The molecule has 0 aliphatic heterocycles. The molecule has 39 heavy (non-hydrogen) atoms. The molecule has 0 aliphatic rings. The summed E-state index contributed by atoms with van der Waals surface area (Å²) >= 11 is 0. The van der Waals surface area contributed by atoms with Gasteiger partial charge in [-0.15, -0.1) is 0 Å². The molecule has 0 fully saturated rings. The second-order valence-electron chi connectivity index (χ2n) is 8.65. The van der Waals surface area contributed by atoms with Gasteiger partial charge in [-0.05, 0) is 67.3 Å². The van der Waals surface area contributed by atoms with E-state index in [0.29, 0.717) is 16.8 Å². The maximum atomic E-state index is 13.6. The van der Waals surface area contributed by atoms with Gasteiger partial charge >= 0.3 is 0 Å². The Labute approximate surface area is 218 Å². The first-order valence-electron chi connectivity index (χ1n) is 11.6. The Morgan fingerprint density at radius 2 is 1.21 bits per heavy atom. The monoisotopic (exact) mass is 546 g/mol. The Morgan fingerprint density at radius 3 is 1.64 bits per heavy atom. The number of hydrogen-bond acceptors (Lipinski definition) is 4. The van der Waals surface area contributed by atoms with Gasteiger partial charge in [0.1, 0.15) is 0 Å². The van der Waals surface area contributed by atoms with Gasteiger partial charge < -0.3 is 0 Å². The molecule has 0 saturated carbocycles. The number of hydrogen-bond donors (Lipinski definition) is 1. The number of halogens is 6. The molecule has 0 atom stereocenters. The van der Waals surface area contributed by atoms with Crippen LogP contribution in [0, 0.1) is 41.8 Å². The van der Waals surface area contributed by atoms with Crippen molar-refractivity contribution < 1.29 is 35.9 Å². The standard InChI is InChI=1S/C27H20F6N4O2/c1-14-26(17-6-8-34-9-7-17)35-36-27(14)37(22(38)4-2-15-10-18(28)24(32)19(29)11-15)23(39)5-3-16-12-20(30)25(33)21(31)13-16/h6-13H,2-5H2,1H3,(H,35,36). The van der Waals surface area contributed by atoms with E-state index in [4.69, 9.17) is 0 Å². The van der Waals surface area contributed by atoms with Crippen molar-refractivity contribution in [1.82, 2.24) is 15.2 Å². The maximum absolute atomic E-state index is 13.6.